The Balaban J connectivity index is 1.35. The van der Waals surface area contributed by atoms with E-state index < -0.39 is 5.60 Å². The van der Waals surface area contributed by atoms with E-state index in [0.717, 1.165) is 29.4 Å². The second-order valence-electron chi connectivity index (χ2n) is 8.93. The number of fused-ring (bicyclic) bond motifs is 3. The number of hydrogen-bond donors (Lipinski definition) is 1. The third-order valence-electron chi connectivity index (χ3n) is 5.82. The molecule has 7 heteroatoms. The van der Waals surface area contributed by atoms with Crippen molar-refractivity contribution in [2.45, 2.75) is 38.3 Å². The van der Waals surface area contributed by atoms with E-state index in [2.05, 4.69) is 21.7 Å². The molecule has 168 valence electrons. The Morgan fingerprint density at radius 2 is 1.84 bits per heavy atom. The van der Waals surface area contributed by atoms with Gasteiger partial charge >= 0.3 is 0 Å². The molecule has 3 aromatic rings. The summed E-state index contributed by atoms with van der Waals surface area (Å²) in [6.45, 7) is 5.28. The van der Waals surface area contributed by atoms with Gasteiger partial charge in [-0.25, -0.2) is 0 Å². The van der Waals surface area contributed by atoms with Crippen LogP contribution < -0.4 is 14.4 Å². The summed E-state index contributed by atoms with van der Waals surface area (Å²) in [6, 6.07) is 16.0. The molecule has 0 spiro atoms. The molecule has 2 aliphatic rings. The van der Waals surface area contributed by atoms with Crippen molar-refractivity contribution in [3.05, 3.63) is 65.4 Å². The molecule has 0 amide bonds. The molecule has 0 radical (unpaired) electrons. The van der Waals surface area contributed by atoms with E-state index >= 15 is 0 Å². The molecule has 1 N–H and O–H groups in total. The molecular weight excluding hydrogens is 428 g/mol. The lowest BCUT2D eigenvalue weighted by Crippen LogP contribution is -2.29. The normalized spacial score (nSPS) is 19.7. The van der Waals surface area contributed by atoms with E-state index in [1.165, 1.54) is 11.3 Å². The number of benzene rings is 2. The Kier molecular flexibility index (Phi) is 5.32. The number of anilines is 1. The Labute approximate surface area is 192 Å². The van der Waals surface area contributed by atoms with Crippen molar-refractivity contribution < 1.29 is 19.3 Å². The highest BCUT2D eigenvalue weighted by molar-refractivity contribution is 6.30. The molecule has 0 saturated carbocycles. The van der Waals surface area contributed by atoms with Gasteiger partial charge in [-0.3, -0.25) is 0 Å². The molecule has 2 aromatic carbocycles. The molecule has 2 atom stereocenters. The van der Waals surface area contributed by atoms with Gasteiger partial charge in [0.25, 0.3) is 0 Å². The second kappa shape index (κ2) is 8.03. The fourth-order valence-electron chi connectivity index (χ4n) is 4.15. The van der Waals surface area contributed by atoms with Gasteiger partial charge in [-0.1, -0.05) is 23.7 Å². The quantitative estimate of drug-likeness (QED) is 0.538. The lowest BCUT2D eigenvalue weighted by molar-refractivity contribution is 0.0276. The van der Waals surface area contributed by atoms with Crippen LogP contribution in [0.2, 0.25) is 5.02 Å². The molecule has 3 heterocycles. The van der Waals surface area contributed by atoms with Gasteiger partial charge in [0, 0.05) is 36.1 Å². The highest BCUT2D eigenvalue weighted by Crippen LogP contribution is 2.47. The molecule has 6 nitrogen and oxygen atoms in total. The van der Waals surface area contributed by atoms with E-state index in [-0.39, 0.29) is 18.9 Å². The Hall–Kier alpha value is -2.67. The topological polar surface area (TPSA) is 59.4 Å². The van der Waals surface area contributed by atoms with Crippen LogP contribution in [0.1, 0.15) is 25.6 Å². The van der Waals surface area contributed by atoms with E-state index in [4.69, 9.17) is 25.8 Å². The maximum Gasteiger partial charge on any atom is 0.163 e. The fourth-order valence-corrected chi connectivity index (χ4v) is 4.27. The first kappa shape index (κ1) is 21.2. The summed E-state index contributed by atoms with van der Waals surface area (Å²) in [5.74, 6) is 1.25. The zero-order chi connectivity index (χ0) is 22.5. The average Bonchev–Trinajstić information content (AvgIpc) is 3.46. The SMILES string of the molecule is COc1cc(N2CCn3cc(-c4ccc(Cl)cc4)cc3C3OC32)ccc1OCC(C)(C)O. The van der Waals surface area contributed by atoms with Crippen molar-refractivity contribution >= 4 is 17.3 Å². The summed E-state index contributed by atoms with van der Waals surface area (Å²) >= 11 is 6.04. The van der Waals surface area contributed by atoms with E-state index in [0.29, 0.717) is 11.5 Å². The van der Waals surface area contributed by atoms with Crippen LogP contribution in [0.25, 0.3) is 11.1 Å². The first-order chi connectivity index (χ1) is 15.3. The van der Waals surface area contributed by atoms with Crippen LogP contribution in [-0.2, 0) is 11.3 Å². The van der Waals surface area contributed by atoms with Gasteiger partial charge in [0.05, 0.1) is 18.4 Å². The van der Waals surface area contributed by atoms with Crippen LogP contribution in [0.4, 0.5) is 5.69 Å². The smallest absolute Gasteiger partial charge is 0.163 e. The van der Waals surface area contributed by atoms with Crippen LogP contribution >= 0.6 is 11.6 Å². The Morgan fingerprint density at radius 1 is 1.06 bits per heavy atom. The first-order valence-electron chi connectivity index (χ1n) is 10.7. The summed E-state index contributed by atoms with van der Waals surface area (Å²) < 4.78 is 19.7. The lowest BCUT2D eigenvalue weighted by atomic mass is 10.1. The molecule has 5 rings (SSSR count). The van der Waals surface area contributed by atoms with Crippen molar-refractivity contribution in [1.82, 2.24) is 4.57 Å². The van der Waals surface area contributed by atoms with Crippen molar-refractivity contribution in [3.63, 3.8) is 0 Å². The molecule has 1 aromatic heterocycles. The van der Waals surface area contributed by atoms with Crippen LogP contribution in [0.15, 0.2) is 54.7 Å². The number of methoxy groups -OCH3 is 1. The number of nitrogens with zero attached hydrogens (tertiary/aromatic N) is 2. The molecule has 0 bridgehead atoms. The van der Waals surface area contributed by atoms with Gasteiger partial charge in [-0.2, -0.15) is 0 Å². The molecule has 2 unspecified atom stereocenters. The van der Waals surface area contributed by atoms with Gasteiger partial charge < -0.3 is 28.8 Å². The summed E-state index contributed by atoms with van der Waals surface area (Å²) in [5, 5.41) is 10.7. The maximum absolute atomic E-state index is 9.94. The summed E-state index contributed by atoms with van der Waals surface area (Å²) in [7, 11) is 1.62. The monoisotopic (exact) mass is 454 g/mol. The third kappa shape index (κ3) is 4.18. The first-order valence-corrected chi connectivity index (χ1v) is 11.1. The maximum atomic E-state index is 9.94. The Bertz CT molecular complexity index is 1120. The molecular formula is C25H27ClN2O4. The zero-order valence-electron chi connectivity index (χ0n) is 18.4. The minimum Gasteiger partial charge on any atom is -0.493 e. The predicted octanol–water partition coefficient (Wildman–Crippen LogP) is 4.88. The van der Waals surface area contributed by atoms with E-state index in [9.17, 15) is 5.11 Å². The van der Waals surface area contributed by atoms with Crippen molar-refractivity contribution in [2.75, 3.05) is 25.2 Å². The van der Waals surface area contributed by atoms with Gasteiger partial charge in [0.1, 0.15) is 12.7 Å². The summed E-state index contributed by atoms with van der Waals surface area (Å²) in [4.78, 5) is 2.27. The summed E-state index contributed by atoms with van der Waals surface area (Å²) in [6.07, 6.45) is 2.22. The molecule has 2 aliphatic heterocycles. The minimum absolute atomic E-state index is 0.00272. The second-order valence-corrected chi connectivity index (χ2v) is 9.37. The third-order valence-corrected chi connectivity index (χ3v) is 6.07. The molecule has 1 fully saturated rings. The number of rotatable bonds is 6. The van der Waals surface area contributed by atoms with E-state index in [1.54, 1.807) is 21.0 Å². The van der Waals surface area contributed by atoms with E-state index in [1.807, 2.05) is 42.5 Å². The van der Waals surface area contributed by atoms with Gasteiger partial charge in [-0.15, -0.1) is 0 Å². The minimum atomic E-state index is -0.915. The number of epoxide rings is 1. The largest absolute Gasteiger partial charge is 0.493 e. The summed E-state index contributed by atoms with van der Waals surface area (Å²) in [5.41, 5.74) is 3.62. The number of ether oxygens (including phenoxy) is 3. The predicted molar refractivity (Wildman–Crippen MR) is 125 cm³/mol. The number of hydrogen-bond acceptors (Lipinski definition) is 5. The van der Waals surface area contributed by atoms with Gasteiger partial charge in [0.2, 0.25) is 0 Å². The van der Waals surface area contributed by atoms with Crippen LogP contribution in [0.5, 0.6) is 11.5 Å². The number of aliphatic hydroxyl groups is 1. The number of aromatic nitrogens is 1. The van der Waals surface area contributed by atoms with Crippen LogP contribution in [-0.4, -0.2) is 41.8 Å². The molecule has 1 saturated heterocycles. The van der Waals surface area contributed by atoms with Crippen LogP contribution in [0.3, 0.4) is 0 Å². The standard InChI is InChI=1S/C25H27ClN2O4/c1-25(2,29)15-31-21-9-8-19(13-22(21)30-3)28-11-10-27-14-17(12-20(27)23-24(28)32-23)16-4-6-18(26)7-5-16/h4-9,12-14,23-24,29H,10-11,15H2,1-3H3. The average molecular weight is 455 g/mol. The highest BCUT2D eigenvalue weighted by Gasteiger charge is 2.48. The Morgan fingerprint density at radius 3 is 2.56 bits per heavy atom. The number of halogens is 1. The van der Waals surface area contributed by atoms with Crippen LogP contribution in [0, 0.1) is 0 Å². The van der Waals surface area contributed by atoms with Crippen molar-refractivity contribution in [3.8, 4) is 22.6 Å². The van der Waals surface area contributed by atoms with Crippen molar-refractivity contribution in [1.29, 1.82) is 0 Å². The molecule has 32 heavy (non-hydrogen) atoms. The zero-order valence-corrected chi connectivity index (χ0v) is 19.2. The van der Waals surface area contributed by atoms with Crippen molar-refractivity contribution in [2.24, 2.45) is 0 Å². The lowest BCUT2D eigenvalue weighted by Gasteiger charge is -2.24. The van der Waals surface area contributed by atoms with Gasteiger partial charge in [-0.05, 0) is 55.3 Å². The molecule has 0 aliphatic carbocycles. The van der Waals surface area contributed by atoms with Gasteiger partial charge in [0.15, 0.2) is 17.7 Å². The fraction of sp³-hybridized carbons (Fsp3) is 0.360. The highest BCUT2D eigenvalue weighted by atomic mass is 35.5.